The summed E-state index contributed by atoms with van der Waals surface area (Å²) in [5.74, 6) is -1.23. The summed E-state index contributed by atoms with van der Waals surface area (Å²) in [5.41, 5.74) is -1.80. The van der Waals surface area contributed by atoms with Gasteiger partial charge in [0.15, 0.2) is 22.8 Å². The van der Waals surface area contributed by atoms with Crippen molar-refractivity contribution in [2.24, 2.45) is 0 Å². The average molecular weight is 610 g/mol. The van der Waals surface area contributed by atoms with Gasteiger partial charge in [0.05, 0.1) is 23.8 Å². The zero-order chi connectivity index (χ0) is 30.6. The lowest BCUT2D eigenvalue weighted by molar-refractivity contribution is -0.286. The molecule has 230 valence electrons. The molecule has 2 atom stereocenters. The van der Waals surface area contributed by atoms with Crippen LogP contribution in [0.15, 0.2) is 36.7 Å². The Morgan fingerprint density at radius 1 is 1.09 bits per heavy atom. The van der Waals surface area contributed by atoms with Crippen LogP contribution >= 0.6 is 0 Å². The highest BCUT2D eigenvalue weighted by atomic mass is 19.4. The van der Waals surface area contributed by atoms with E-state index in [4.69, 9.17) is 9.47 Å². The smallest absolute Gasteiger partial charge is 0.484 e. The van der Waals surface area contributed by atoms with E-state index < -0.39 is 41.9 Å². The molecule has 1 saturated carbocycles. The number of hydrogen-bond acceptors (Lipinski definition) is 7. The molecule has 3 aliphatic rings. The molecule has 1 fully saturated rings. The van der Waals surface area contributed by atoms with Crippen molar-refractivity contribution in [3.8, 4) is 22.9 Å². The topological polar surface area (TPSA) is 105 Å². The average Bonchev–Trinajstić information content (AvgIpc) is 3.50. The van der Waals surface area contributed by atoms with Crippen molar-refractivity contribution in [1.82, 2.24) is 14.8 Å². The molecule has 2 aliphatic carbocycles. The molecule has 0 saturated heterocycles. The van der Waals surface area contributed by atoms with Crippen LogP contribution in [0.3, 0.4) is 0 Å². The normalized spacial score (nSPS) is 21.2. The van der Waals surface area contributed by atoms with Gasteiger partial charge in [0.2, 0.25) is 0 Å². The van der Waals surface area contributed by atoms with E-state index in [1.165, 1.54) is 36.7 Å². The largest absolute Gasteiger partial charge is 0.586 e. The summed E-state index contributed by atoms with van der Waals surface area (Å²) in [7, 11) is 0. The van der Waals surface area contributed by atoms with Gasteiger partial charge < -0.3 is 24.1 Å². The Morgan fingerprint density at radius 2 is 1.84 bits per heavy atom. The molecule has 0 radical (unpaired) electrons. The van der Waals surface area contributed by atoms with E-state index in [0.717, 1.165) is 11.1 Å². The third-order valence-electron chi connectivity index (χ3n) is 8.06. The molecule has 3 heterocycles. The number of aromatic nitrogens is 3. The monoisotopic (exact) mass is 609 g/mol. The summed E-state index contributed by atoms with van der Waals surface area (Å²) in [5, 5.41) is 14.0. The molecular weight excluding hydrogens is 581 g/mol. The first-order valence-corrected chi connectivity index (χ1v) is 14.0. The van der Waals surface area contributed by atoms with E-state index >= 15 is 0 Å². The molecular formula is C29H28F5N3O6. The second-order valence-corrected chi connectivity index (χ2v) is 11.0. The summed E-state index contributed by atoms with van der Waals surface area (Å²) in [6.45, 7) is 1.65. The Bertz CT molecular complexity index is 1540. The minimum atomic E-state index is -4.75. The molecule has 43 heavy (non-hydrogen) atoms. The van der Waals surface area contributed by atoms with Crippen LogP contribution in [-0.2, 0) is 22.1 Å². The van der Waals surface area contributed by atoms with Gasteiger partial charge in [-0.2, -0.15) is 18.3 Å². The Morgan fingerprint density at radius 3 is 2.56 bits per heavy atom. The van der Waals surface area contributed by atoms with E-state index in [2.05, 4.69) is 19.6 Å². The number of rotatable bonds is 7. The molecule has 1 aromatic carbocycles. The van der Waals surface area contributed by atoms with E-state index in [-0.39, 0.29) is 53.5 Å². The maximum absolute atomic E-state index is 14.2. The molecule has 1 aliphatic heterocycles. The Kier molecular flexibility index (Phi) is 7.22. The number of hydrogen-bond donors (Lipinski definition) is 1. The number of pyridine rings is 1. The van der Waals surface area contributed by atoms with Gasteiger partial charge in [0, 0.05) is 11.6 Å². The van der Waals surface area contributed by atoms with Gasteiger partial charge in [-0.1, -0.05) is 12.5 Å². The third-order valence-corrected chi connectivity index (χ3v) is 8.06. The fraction of sp³-hybridized carbons (Fsp3) is 0.483. The van der Waals surface area contributed by atoms with Crippen LogP contribution in [0.4, 0.5) is 22.0 Å². The van der Waals surface area contributed by atoms with E-state index in [1.54, 1.807) is 6.92 Å². The van der Waals surface area contributed by atoms with Crippen molar-refractivity contribution in [1.29, 1.82) is 0 Å². The molecule has 0 bridgehead atoms. The van der Waals surface area contributed by atoms with E-state index in [0.29, 0.717) is 31.2 Å². The summed E-state index contributed by atoms with van der Waals surface area (Å²) >= 11 is 0. The lowest BCUT2D eigenvalue weighted by Gasteiger charge is -2.38. The van der Waals surface area contributed by atoms with E-state index in [1.807, 2.05) is 0 Å². The van der Waals surface area contributed by atoms with Crippen LogP contribution in [0.2, 0.25) is 0 Å². The van der Waals surface area contributed by atoms with Gasteiger partial charge in [-0.15, -0.1) is 8.78 Å². The first-order chi connectivity index (χ1) is 20.4. The molecule has 6 rings (SSSR count). The van der Waals surface area contributed by atoms with Crippen molar-refractivity contribution in [3.05, 3.63) is 59.2 Å². The first kappa shape index (κ1) is 29.1. The standard InChI is InChI=1S/C29H28F5N3O6/c1-16(17-8-9-21-23(12-17)43-29(33,34)42-21)40-19-13-18(14-35-15-19)37-24-20(25(36-37)28(30,31)32)6-5-7-22(24)41-27(26(38)39)10-3-2-4-11-27/h8-9,12-16,22H,2-7,10-11H2,1H3,(H,38,39)/t16-,22+/m0/s1. The molecule has 0 spiro atoms. The molecule has 3 aromatic rings. The molecule has 2 aromatic heterocycles. The summed E-state index contributed by atoms with van der Waals surface area (Å²) in [4.78, 5) is 16.5. The fourth-order valence-electron chi connectivity index (χ4n) is 6.04. The lowest BCUT2D eigenvalue weighted by Crippen LogP contribution is -2.45. The number of nitrogens with zero attached hydrogens (tertiary/aromatic N) is 3. The van der Waals surface area contributed by atoms with Gasteiger partial charge in [-0.3, -0.25) is 4.98 Å². The predicted octanol–water partition coefficient (Wildman–Crippen LogP) is 6.93. The van der Waals surface area contributed by atoms with E-state index in [9.17, 15) is 31.9 Å². The Balaban J connectivity index is 1.33. The number of benzene rings is 1. The van der Waals surface area contributed by atoms with Crippen LogP contribution in [-0.4, -0.2) is 37.7 Å². The zero-order valence-corrected chi connectivity index (χ0v) is 23.0. The van der Waals surface area contributed by atoms with Crippen molar-refractivity contribution in [3.63, 3.8) is 0 Å². The van der Waals surface area contributed by atoms with Crippen LogP contribution < -0.4 is 14.2 Å². The molecule has 0 amide bonds. The molecule has 14 heteroatoms. The highest BCUT2D eigenvalue weighted by Crippen LogP contribution is 2.46. The highest BCUT2D eigenvalue weighted by Gasteiger charge is 2.47. The number of fused-ring (bicyclic) bond motifs is 2. The number of carbonyl (C=O) groups is 1. The second kappa shape index (κ2) is 10.6. The van der Waals surface area contributed by atoms with Gasteiger partial charge in [-0.05, 0) is 69.6 Å². The minimum absolute atomic E-state index is 0.0306. The van der Waals surface area contributed by atoms with Crippen LogP contribution in [0.1, 0.15) is 86.6 Å². The molecule has 0 unspecified atom stereocenters. The third kappa shape index (κ3) is 5.59. The van der Waals surface area contributed by atoms with Crippen molar-refractivity contribution in [2.75, 3.05) is 0 Å². The maximum Gasteiger partial charge on any atom is 0.586 e. The zero-order valence-electron chi connectivity index (χ0n) is 23.0. The Hall–Kier alpha value is -3.94. The predicted molar refractivity (Wildman–Crippen MR) is 138 cm³/mol. The quantitative estimate of drug-likeness (QED) is 0.288. The van der Waals surface area contributed by atoms with Crippen LogP contribution in [0, 0.1) is 0 Å². The summed E-state index contributed by atoms with van der Waals surface area (Å²) in [6, 6.07) is 5.65. The van der Waals surface area contributed by atoms with Gasteiger partial charge in [0.25, 0.3) is 0 Å². The first-order valence-electron chi connectivity index (χ1n) is 14.0. The van der Waals surface area contributed by atoms with Gasteiger partial charge in [-0.25, -0.2) is 9.48 Å². The lowest BCUT2D eigenvalue weighted by atomic mass is 9.83. The van der Waals surface area contributed by atoms with Gasteiger partial charge in [0.1, 0.15) is 18.0 Å². The van der Waals surface area contributed by atoms with Crippen molar-refractivity contribution in [2.45, 2.75) is 88.6 Å². The van der Waals surface area contributed by atoms with Crippen LogP contribution in [0.25, 0.3) is 5.69 Å². The van der Waals surface area contributed by atoms with Crippen LogP contribution in [0.5, 0.6) is 17.2 Å². The Labute approximate surface area is 242 Å². The van der Waals surface area contributed by atoms with Crippen molar-refractivity contribution < 1.29 is 50.8 Å². The molecule has 1 N–H and O–H groups in total. The fourth-order valence-corrected chi connectivity index (χ4v) is 6.04. The summed E-state index contributed by atoms with van der Waals surface area (Å²) < 4.78 is 91.6. The highest BCUT2D eigenvalue weighted by molar-refractivity contribution is 5.77. The SMILES string of the molecule is C[C@H](Oc1cncc(-n2nc(C(F)(F)F)c3c2[C@H](OC2(C(=O)O)CCCCC2)CCC3)c1)c1ccc2c(c1)OC(F)(F)O2. The summed E-state index contributed by atoms with van der Waals surface area (Å²) in [6.07, 6.45) is -3.97. The number of carboxylic acid groups (broad SMARTS) is 1. The maximum atomic E-state index is 14.2. The number of aliphatic carboxylic acids is 1. The van der Waals surface area contributed by atoms with Crippen molar-refractivity contribution >= 4 is 5.97 Å². The minimum Gasteiger partial charge on any atom is -0.484 e. The number of alkyl halides is 5. The number of halogens is 5. The van der Waals surface area contributed by atoms with Gasteiger partial charge >= 0.3 is 18.4 Å². The number of carboxylic acids is 1. The second-order valence-electron chi connectivity index (χ2n) is 11.0. The molecule has 9 nitrogen and oxygen atoms in total. The number of ether oxygens (including phenoxy) is 4.